The molecule has 1 aliphatic carbocycles. The molecular formula is C12H26N2O. The molecule has 1 rings (SSSR count). The molecule has 1 saturated carbocycles. The fourth-order valence-corrected chi connectivity index (χ4v) is 2.50. The molecule has 3 nitrogen and oxygen atoms in total. The Morgan fingerprint density at radius 1 is 1.33 bits per heavy atom. The van der Waals surface area contributed by atoms with Gasteiger partial charge in [-0.1, -0.05) is 13.8 Å². The summed E-state index contributed by atoms with van der Waals surface area (Å²) in [4.78, 5) is 2.22. The van der Waals surface area contributed by atoms with Crippen LogP contribution < -0.4 is 5.32 Å². The Morgan fingerprint density at radius 3 is 2.47 bits per heavy atom. The van der Waals surface area contributed by atoms with Gasteiger partial charge in [0.2, 0.25) is 0 Å². The standard InChI is InChI=1S/C12H26N2O/c1-12(2,9-14(3)4)8-13-10-6-5-7-11(10)15/h10-11,13,15H,5-9H2,1-4H3/t10-,11-/m0/s1. The maximum absolute atomic E-state index is 9.69. The molecule has 1 fully saturated rings. The predicted molar refractivity (Wildman–Crippen MR) is 64.0 cm³/mol. The van der Waals surface area contributed by atoms with Gasteiger partial charge in [-0.25, -0.2) is 0 Å². The molecule has 0 amide bonds. The van der Waals surface area contributed by atoms with E-state index in [9.17, 15) is 5.11 Å². The zero-order chi connectivity index (χ0) is 11.5. The van der Waals surface area contributed by atoms with Crippen LogP contribution in [0.2, 0.25) is 0 Å². The van der Waals surface area contributed by atoms with Crippen LogP contribution in [0.15, 0.2) is 0 Å². The molecule has 0 bridgehead atoms. The Kier molecular flexibility index (Phi) is 4.56. The van der Waals surface area contributed by atoms with Crippen molar-refractivity contribution in [3.8, 4) is 0 Å². The largest absolute Gasteiger partial charge is 0.392 e. The maximum atomic E-state index is 9.69. The Hall–Kier alpha value is -0.120. The van der Waals surface area contributed by atoms with Gasteiger partial charge in [-0.3, -0.25) is 0 Å². The first-order valence-corrected chi connectivity index (χ1v) is 5.97. The van der Waals surface area contributed by atoms with E-state index in [1.807, 2.05) is 0 Å². The minimum Gasteiger partial charge on any atom is -0.392 e. The van der Waals surface area contributed by atoms with Gasteiger partial charge in [-0.15, -0.1) is 0 Å². The third-order valence-electron chi connectivity index (χ3n) is 3.07. The van der Waals surface area contributed by atoms with E-state index in [-0.39, 0.29) is 11.5 Å². The van der Waals surface area contributed by atoms with Crippen molar-refractivity contribution in [3.63, 3.8) is 0 Å². The number of nitrogens with one attached hydrogen (secondary N) is 1. The van der Waals surface area contributed by atoms with Crippen molar-refractivity contribution >= 4 is 0 Å². The third kappa shape index (κ3) is 4.49. The summed E-state index contributed by atoms with van der Waals surface area (Å²) in [5.74, 6) is 0. The van der Waals surface area contributed by atoms with Gasteiger partial charge < -0.3 is 15.3 Å². The average molecular weight is 214 g/mol. The number of aliphatic hydroxyl groups is 1. The lowest BCUT2D eigenvalue weighted by molar-refractivity contribution is 0.137. The van der Waals surface area contributed by atoms with E-state index < -0.39 is 0 Å². The molecular weight excluding hydrogens is 188 g/mol. The summed E-state index contributed by atoms with van der Waals surface area (Å²) < 4.78 is 0. The third-order valence-corrected chi connectivity index (χ3v) is 3.07. The molecule has 0 radical (unpaired) electrons. The molecule has 0 unspecified atom stereocenters. The van der Waals surface area contributed by atoms with Gasteiger partial charge in [0, 0.05) is 19.1 Å². The molecule has 0 aromatic carbocycles. The molecule has 2 N–H and O–H groups in total. The monoisotopic (exact) mass is 214 g/mol. The lowest BCUT2D eigenvalue weighted by Gasteiger charge is -2.30. The smallest absolute Gasteiger partial charge is 0.0693 e. The topological polar surface area (TPSA) is 35.5 Å². The summed E-state index contributed by atoms with van der Waals surface area (Å²) in [6.07, 6.45) is 3.12. The van der Waals surface area contributed by atoms with Crippen molar-refractivity contribution in [2.24, 2.45) is 5.41 Å². The Labute approximate surface area is 93.9 Å². The van der Waals surface area contributed by atoms with Crippen LogP contribution in [0.4, 0.5) is 0 Å². The molecule has 0 spiro atoms. The zero-order valence-corrected chi connectivity index (χ0v) is 10.6. The second kappa shape index (κ2) is 5.28. The minimum absolute atomic E-state index is 0.125. The fraction of sp³-hybridized carbons (Fsp3) is 1.00. The van der Waals surface area contributed by atoms with Gasteiger partial charge in [0.15, 0.2) is 0 Å². The number of hydrogen-bond acceptors (Lipinski definition) is 3. The highest BCUT2D eigenvalue weighted by Crippen LogP contribution is 2.21. The summed E-state index contributed by atoms with van der Waals surface area (Å²) in [6, 6.07) is 0.325. The van der Waals surface area contributed by atoms with Crippen LogP contribution in [0, 0.1) is 5.41 Å². The molecule has 0 heterocycles. The molecule has 0 aromatic rings. The van der Waals surface area contributed by atoms with Crippen LogP contribution in [0.5, 0.6) is 0 Å². The molecule has 2 atom stereocenters. The number of nitrogens with zero attached hydrogens (tertiary/aromatic N) is 1. The minimum atomic E-state index is -0.125. The van der Waals surface area contributed by atoms with Crippen LogP contribution in [0.3, 0.4) is 0 Å². The number of rotatable bonds is 5. The van der Waals surface area contributed by atoms with E-state index in [1.165, 1.54) is 0 Å². The highest BCUT2D eigenvalue weighted by Gasteiger charge is 2.27. The van der Waals surface area contributed by atoms with Crippen molar-refractivity contribution in [2.45, 2.75) is 45.3 Å². The lowest BCUT2D eigenvalue weighted by Crippen LogP contribution is -2.44. The first-order chi connectivity index (χ1) is 6.91. The zero-order valence-electron chi connectivity index (χ0n) is 10.6. The van der Waals surface area contributed by atoms with E-state index in [0.29, 0.717) is 6.04 Å². The Bertz CT molecular complexity index is 192. The predicted octanol–water partition coefficient (Wildman–Crippen LogP) is 1.08. The Morgan fingerprint density at radius 2 is 2.00 bits per heavy atom. The van der Waals surface area contributed by atoms with E-state index in [1.54, 1.807) is 0 Å². The summed E-state index contributed by atoms with van der Waals surface area (Å²) in [5.41, 5.74) is 0.270. The van der Waals surface area contributed by atoms with Crippen LogP contribution in [0.25, 0.3) is 0 Å². The van der Waals surface area contributed by atoms with E-state index in [2.05, 4.69) is 38.2 Å². The van der Waals surface area contributed by atoms with Gasteiger partial charge in [-0.05, 0) is 38.8 Å². The summed E-state index contributed by atoms with van der Waals surface area (Å²) in [5, 5.41) is 13.2. The molecule has 0 saturated heterocycles. The van der Waals surface area contributed by atoms with Crippen molar-refractivity contribution in [1.29, 1.82) is 0 Å². The van der Waals surface area contributed by atoms with Crippen LogP contribution in [0.1, 0.15) is 33.1 Å². The van der Waals surface area contributed by atoms with Gasteiger partial charge in [-0.2, -0.15) is 0 Å². The van der Waals surface area contributed by atoms with Crippen molar-refractivity contribution in [2.75, 3.05) is 27.2 Å². The fourth-order valence-electron chi connectivity index (χ4n) is 2.50. The van der Waals surface area contributed by atoms with Crippen LogP contribution in [-0.4, -0.2) is 49.3 Å². The summed E-state index contributed by atoms with van der Waals surface area (Å²) in [7, 11) is 4.21. The lowest BCUT2D eigenvalue weighted by atomic mass is 9.92. The average Bonchev–Trinajstić information content (AvgIpc) is 2.45. The van der Waals surface area contributed by atoms with Crippen molar-refractivity contribution in [1.82, 2.24) is 10.2 Å². The first-order valence-electron chi connectivity index (χ1n) is 5.97. The molecule has 3 heteroatoms. The van der Waals surface area contributed by atoms with Crippen molar-refractivity contribution in [3.05, 3.63) is 0 Å². The molecule has 0 aromatic heterocycles. The highest BCUT2D eigenvalue weighted by atomic mass is 16.3. The Balaban J connectivity index is 2.28. The van der Waals surface area contributed by atoms with Gasteiger partial charge in [0.25, 0.3) is 0 Å². The molecule has 1 aliphatic rings. The van der Waals surface area contributed by atoms with Gasteiger partial charge >= 0.3 is 0 Å². The summed E-state index contributed by atoms with van der Waals surface area (Å²) in [6.45, 7) is 6.58. The molecule has 0 aliphatic heterocycles. The normalized spacial score (nSPS) is 27.6. The molecule has 90 valence electrons. The first kappa shape index (κ1) is 12.9. The second-order valence-corrected chi connectivity index (χ2v) is 5.89. The van der Waals surface area contributed by atoms with Crippen LogP contribution >= 0.6 is 0 Å². The summed E-state index contributed by atoms with van der Waals surface area (Å²) >= 11 is 0. The van der Waals surface area contributed by atoms with E-state index >= 15 is 0 Å². The van der Waals surface area contributed by atoms with E-state index in [0.717, 1.165) is 32.4 Å². The van der Waals surface area contributed by atoms with E-state index in [4.69, 9.17) is 0 Å². The van der Waals surface area contributed by atoms with Crippen molar-refractivity contribution < 1.29 is 5.11 Å². The maximum Gasteiger partial charge on any atom is 0.0693 e. The quantitative estimate of drug-likeness (QED) is 0.719. The van der Waals surface area contributed by atoms with Gasteiger partial charge in [0.1, 0.15) is 0 Å². The highest BCUT2D eigenvalue weighted by molar-refractivity contribution is 4.85. The van der Waals surface area contributed by atoms with Crippen LogP contribution in [-0.2, 0) is 0 Å². The number of aliphatic hydroxyl groups excluding tert-OH is 1. The second-order valence-electron chi connectivity index (χ2n) is 5.89. The number of hydrogen-bond donors (Lipinski definition) is 2. The van der Waals surface area contributed by atoms with Gasteiger partial charge in [0.05, 0.1) is 6.10 Å². The molecule has 15 heavy (non-hydrogen) atoms. The SMILES string of the molecule is CN(C)CC(C)(C)CN[C@H]1CCC[C@@H]1O.